The highest BCUT2D eigenvalue weighted by atomic mass is 19.1. The molecule has 2 aromatic carbocycles. The fraction of sp³-hybridized carbons (Fsp3) is 0.300. The van der Waals surface area contributed by atoms with Crippen molar-refractivity contribution in [3.05, 3.63) is 54.0 Å². The van der Waals surface area contributed by atoms with Gasteiger partial charge in [0.05, 0.1) is 5.52 Å². The van der Waals surface area contributed by atoms with Crippen molar-refractivity contribution in [3.63, 3.8) is 0 Å². The van der Waals surface area contributed by atoms with Crippen LogP contribution in [0.15, 0.2) is 42.5 Å². The Labute approximate surface area is 150 Å². The highest BCUT2D eigenvalue weighted by Crippen LogP contribution is 2.32. The Morgan fingerprint density at radius 1 is 1.15 bits per heavy atom. The van der Waals surface area contributed by atoms with Crippen LogP contribution in [0.1, 0.15) is 16.9 Å². The van der Waals surface area contributed by atoms with Gasteiger partial charge in [0.2, 0.25) is 0 Å². The first-order valence-electron chi connectivity index (χ1n) is 8.85. The first-order chi connectivity index (χ1) is 12.6. The molecule has 2 saturated heterocycles. The third kappa shape index (κ3) is 2.33. The van der Waals surface area contributed by atoms with Gasteiger partial charge in [0.15, 0.2) is 5.69 Å². The number of aromatic amines is 1. The van der Waals surface area contributed by atoms with Crippen LogP contribution in [0.4, 0.5) is 4.39 Å². The number of fused-ring (bicyclic) bond motifs is 3. The lowest BCUT2D eigenvalue weighted by atomic mass is 10.0. The Morgan fingerprint density at radius 2 is 2.00 bits per heavy atom. The van der Waals surface area contributed by atoms with Crippen molar-refractivity contribution in [1.29, 1.82) is 0 Å². The third-order valence-electron chi connectivity index (χ3n) is 5.70. The molecule has 5 nitrogen and oxygen atoms in total. The fourth-order valence-corrected chi connectivity index (χ4v) is 4.28. The largest absolute Gasteiger partial charge is 0.331 e. The van der Waals surface area contributed by atoms with Crippen LogP contribution < -0.4 is 0 Å². The number of likely N-dealkylation sites (N-methyl/N-ethyl adjacent to an activating group) is 1. The van der Waals surface area contributed by atoms with Gasteiger partial charge in [-0.3, -0.25) is 14.8 Å². The molecule has 3 heterocycles. The number of hydrogen-bond acceptors (Lipinski definition) is 3. The number of hydrogen-bond donors (Lipinski definition) is 1. The monoisotopic (exact) mass is 350 g/mol. The molecule has 3 aromatic rings. The van der Waals surface area contributed by atoms with Crippen LogP contribution in [-0.2, 0) is 0 Å². The van der Waals surface area contributed by atoms with Crippen molar-refractivity contribution in [3.8, 4) is 11.1 Å². The van der Waals surface area contributed by atoms with Crippen molar-refractivity contribution in [2.75, 3.05) is 20.1 Å². The van der Waals surface area contributed by atoms with Crippen LogP contribution in [0.5, 0.6) is 0 Å². The first kappa shape index (κ1) is 15.5. The Balaban J connectivity index is 1.52. The molecule has 2 fully saturated rings. The quantitative estimate of drug-likeness (QED) is 0.773. The molecular formula is C20H19FN4O. The Kier molecular flexibility index (Phi) is 3.37. The van der Waals surface area contributed by atoms with Crippen LogP contribution in [0, 0.1) is 5.82 Å². The molecule has 1 N–H and O–H groups in total. The molecule has 6 heteroatoms. The van der Waals surface area contributed by atoms with Crippen molar-refractivity contribution < 1.29 is 9.18 Å². The summed E-state index contributed by atoms with van der Waals surface area (Å²) in [5.74, 6) is -0.295. The summed E-state index contributed by atoms with van der Waals surface area (Å²) in [4.78, 5) is 17.4. The third-order valence-corrected chi connectivity index (χ3v) is 5.70. The van der Waals surface area contributed by atoms with Gasteiger partial charge in [0, 0.05) is 30.6 Å². The fourth-order valence-electron chi connectivity index (χ4n) is 4.28. The molecule has 0 spiro atoms. The number of H-pyrrole nitrogens is 1. The summed E-state index contributed by atoms with van der Waals surface area (Å²) in [6.07, 6.45) is 1.04. The van der Waals surface area contributed by atoms with Gasteiger partial charge in [-0.15, -0.1) is 0 Å². The number of rotatable bonds is 2. The average Bonchev–Trinajstić information content (AvgIpc) is 3.33. The zero-order chi connectivity index (χ0) is 17.8. The van der Waals surface area contributed by atoms with Gasteiger partial charge in [-0.2, -0.15) is 5.10 Å². The summed E-state index contributed by atoms with van der Waals surface area (Å²) in [6.45, 7) is 1.69. The van der Waals surface area contributed by atoms with E-state index >= 15 is 0 Å². The molecule has 0 radical (unpaired) electrons. The molecule has 2 aliphatic heterocycles. The lowest BCUT2D eigenvalue weighted by molar-refractivity contribution is 0.0646. The average molecular weight is 350 g/mol. The van der Waals surface area contributed by atoms with Gasteiger partial charge in [-0.1, -0.05) is 18.2 Å². The van der Waals surface area contributed by atoms with Crippen LogP contribution in [0.2, 0.25) is 0 Å². The summed E-state index contributed by atoms with van der Waals surface area (Å²) in [5, 5.41) is 8.03. The van der Waals surface area contributed by atoms with E-state index in [4.69, 9.17) is 0 Å². The molecule has 2 aliphatic rings. The van der Waals surface area contributed by atoms with E-state index in [1.165, 1.54) is 12.1 Å². The van der Waals surface area contributed by atoms with Crippen molar-refractivity contribution in [2.45, 2.75) is 18.5 Å². The molecule has 0 aliphatic carbocycles. The number of aromatic nitrogens is 2. The maximum absolute atomic E-state index is 13.6. The second-order valence-electron chi connectivity index (χ2n) is 7.28. The predicted octanol–water partition coefficient (Wildman–Crippen LogP) is 2.90. The summed E-state index contributed by atoms with van der Waals surface area (Å²) in [6, 6.07) is 12.9. The van der Waals surface area contributed by atoms with Crippen molar-refractivity contribution in [1.82, 2.24) is 20.0 Å². The minimum atomic E-state index is -0.275. The molecule has 26 heavy (non-hydrogen) atoms. The highest BCUT2D eigenvalue weighted by molar-refractivity contribution is 6.06. The van der Waals surface area contributed by atoms with E-state index in [1.54, 1.807) is 6.07 Å². The van der Waals surface area contributed by atoms with Crippen molar-refractivity contribution in [2.24, 2.45) is 0 Å². The number of nitrogens with one attached hydrogen (secondary N) is 1. The van der Waals surface area contributed by atoms with Gasteiger partial charge >= 0.3 is 0 Å². The maximum atomic E-state index is 13.6. The molecule has 132 valence electrons. The normalized spacial score (nSPS) is 22.5. The number of benzene rings is 2. The number of halogens is 1. The van der Waals surface area contributed by atoms with Gasteiger partial charge in [0.1, 0.15) is 5.82 Å². The molecule has 2 unspecified atom stereocenters. The summed E-state index contributed by atoms with van der Waals surface area (Å²) in [7, 11) is 2.11. The molecular weight excluding hydrogens is 331 g/mol. The summed E-state index contributed by atoms with van der Waals surface area (Å²) >= 11 is 0. The van der Waals surface area contributed by atoms with Gasteiger partial charge in [-0.05, 0) is 48.9 Å². The summed E-state index contributed by atoms with van der Waals surface area (Å²) in [5.41, 5.74) is 2.92. The zero-order valence-corrected chi connectivity index (χ0v) is 14.4. The lowest BCUT2D eigenvalue weighted by Gasteiger charge is -2.31. The Morgan fingerprint density at radius 3 is 2.73 bits per heavy atom. The topological polar surface area (TPSA) is 52.2 Å². The second-order valence-corrected chi connectivity index (χ2v) is 7.28. The van der Waals surface area contributed by atoms with Crippen molar-refractivity contribution >= 4 is 16.8 Å². The smallest absolute Gasteiger partial charge is 0.275 e. The minimum absolute atomic E-state index is 0.0201. The van der Waals surface area contributed by atoms with Crippen LogP contribution >= 0.6 is 0 Å². The van der Waals surface area contributed by atoms with E-state index in [1.807, 2.05) is 29.2 Å². The predicted molar refractivity (Wildman–Crippen MR) is 97.3 cm³/mol. The lowest BCUT2D eigenvalue weighted by Crippen LogP contribution is -2.47. The highest BCUT2D eigenvalue weighted by Gasteiger charge is 2.44. The Hall–Kier alpha value is -2.73. The van der Waals surface area contributed by atoms with E-state index < -0.39 is 0 Å². The number of amides is 1. The maximum Gasteiger partial charge on any atom is 0.275 e. The van der Waals surface area contributed by atoms with E-state index in [0.717, 1.165) is 41.5 Å². The van der Waals surface area contributed by atoms with Crippen LogP contribution in [-0.4, -0.2) is 58.1 Å². The number of carbonyl (C=O) groups excluding carboxylic acids is 1. The zero-order valence-electron chi connectivity index (χ0n) is 14.4. The van der Waals surface area contributed by atoms with E-state index in [2.05, 4.69) is 22.1 Å². The molecule has 5 rings (SSSR count). The van der Waals surface area contributed by atoms with E-state index in [9.17, 15) is 9.18 Å². The number of piperazine rings is 1. The molecule has 2 bridgehead atoms. The summed E-state index contributed by atoms with van der Waals surface area (Å²) < 4.78 is 13.6. The van der Waals surface area contributed by atoms with Crippen LogP contribution in [0.25, 0.3) is 22.0 Å². The standard InChI is InChI=1S/C20H19FN4O/c1-24-10-16-9-15(24)11-25(16)20(26)19-17-8-13(5-6-18(17)22-23-19)12-3-2-4-14(21)7-12/h2-8,15-16H,9-11H2,1H3,(H,22,23). The van der Waals surface area contributed by atoms with E-state index in [0.29, 0.717) is 11.7 Å². The van der Waals surface area contributed by atoms with Gasteiger partial charge in [0.25, 0.3) is 5.91 Å². The number of likely N-dealkylation sites (tertiary alicyclic amines) is 2. The Bertz CT molecular complexity index is 1010. The first-order valence-corrected chi connectivity index (χ1v) is 8.85. The van der Waals surface area contributed by atoms with Crippen LogP contribution in [0.3, 0.4) is 0 Å². The van der Waals surface area contributed by atoms with E-state index in [-0.39, 0.29) is 17.8 Å². The molecule has 2 atom stereocenters. The molecule has 0 saturated carbocycles. The molecule has 1 amide bonds. The minimum Gasteiger partial charge on any atom is -0.331 e. The van der Waals surface area contributed by atoms with Gasteiger partial charge < -0.3 is 4.90 Å². The van der Waals surface area contributed by atoms with Gasteiger partial charge in [-0.25, -0.2) is 4.39 Å². The number of carbonyl (C=O) groups is 1. The number of nitrogens with zero attached hydrogens (tertiary/aromatic N) is 3. The SMILES string of the molecule is CN1CC2CC1CN2C(=O)c1n[nH]c2ccc(-c3cccc(F)c3)cc12. The molecule has 1 aromatic heterocycles. The second kappa shape index (κ2) is 5.64.